The third kappa shape index (κ3) is 2.79. The van der Waals surface area contributed by atoms with Crippen molar-refractivity contribution in [3.63, 3.8) is 0 Å². The number of rotatable bonds is 3. The molecule has 1 unspecified atom stereocenters. The molecule has 2 aromatic rings. The van der Waals surface area contributed by atoms with Gasteiger partial charge in [0.25, 0.3) is 0 Å². The number of hydrogen-bond donors (Lipinski definition) is 1. The van der Waals surface area contributed by atoms with Crippen molar-refractivity contribution in [3.05, 3.63) is 55.7 Å². The fourth-order valence-electron chi connectivity index (χ4n) is 2.08. The number of nitrogens with one attached hydrogen (secondary N) is 1. The van der Waals surface area contributed by atoms with Crippen molar-refractivity contribution in [2.24, 2.45) is 0 Å². The summed E-state index contributed by atoms with van der Waals surface area (Å²) >= 11 is 5.40. The Balaban J connectivity index is 2.43. The van der Waals surface area contributed by atoms with Crippen LogP contribution < -0.4 is 5.32 Å². The van der Waals surface area contributed by atoms with E-state index in [0.717, 1.165) is 4.47 Å². The first kappa shape index (κ1) is 12.8. The smallest absolute Gasteiger partial charge is 0.0671 e. The molecule has 0 aliphatic carbocycles. The maximum atomic E-state index is 3.53. The Morgan fingerprint density at radius 1 is 1.24 bits per heavy atom. The highest BCUT2D eigenvalue weighted by Gasteiger charge is 2.16. The molecule has 3 heteroatoms. The molecule has 0 fully saturated rings. The van der Waals surface area contributed by atoms with Gasteiger partial charge in [0.2, 0.25) is 0 Å². The lowest BCUT2D eigenvalue weighted by Gasteiger charge is -2.16. The van der Waals surface area contributed by atoms with Crippen LogP contribution in [0.2, 0.25) is 0 Å². The zero-order valence-electron chi connectivity index (χ0n) is 10.3. The zero-order valence-corrected chi connectivity index (χ0v) is 12.7. The Kier molecular flexibility index (Phi) is 4.02. The normalized spacial score (nSPS) is 12.7. The van der Waals surface area contributed by atoms with Gasteiger partial charge in [0.05, 0.1) is 6.04 Å². The average Bonchev–Trinajstić information content (AvgIpc) is 2.59. The molecule has 0 bridgehead atoms. The van der Waals surface area contributed by atoms with Gasteiger partial charge in [0.1, 0.15) is 0 Å². The second-order valence-electron chi connectivity index (χ2n) is 4.18. The largest absolute Gasteiger partial charge is 0.309 e. The fraction of sp³-hybridized carbons (Fsp3) is 0.286. The van der Waals surface area contributed by atoms with Crippen molar-refractivity contribution in [2.45, 2.75) is 19.9 Å². The third-order valence-corrected chi connectivity index (χ3v) is 4.52. The maximum Gasteiger partial charge on any atom is 0.0671 e. The number of benzene rings is 1. The summed E-state index contributed by atoms with van der Waals surface area (Å²) < 4.78 is 1.13. The molecule has 1 atom stereocenters. The standard InChI is InChI=1S/C14H16BrNS/c1-9-7-10(2)17-14(9)13(16-3)11-5-4-6-12(15)8-11/h4-8,13,16H,1-3H3. The molecular weight excluding hydrogens is 294 g/mol. The second-order valence-corrected chi connectivity index (χ2v) is 6.38. The molecule has 0 radical (unpaired) electrons. The lowest BCUT2D eigenvalue weighted by atomic mass is 10.0. The molecule has 1 nitrogen and oxygen atoms in total. The second kappa shape index (κ2) is 5.34. The Morgan fingerprint density at radius 3 is 2.53 bits per heavy atom. The van der Waals surface area contributed by atoms with E-state index in [9.17, 15) is 0 Å². The molecule has 90 valence electrons. The summed E-state index contributed by atoms with van der Waals surface area (Å²) in [6.07, 6.45) is 0. The highest BCUT2D eigenvalue weighted by atomic mass is 79.9. The number of aryl methyl sites for hydroxylation is 2. The molecule has 0 spiro atoms. The summed E-state index contributed by atoms with van der Waals surface area (Å²) in [6.45, 7) is 4.34. The minimum absolute atomic E-state index is 0.284. The van der Waals surface area contributed by atoms with Crippen LogP contribution >= 0.6 is 27.3 Å². The number of thiophene rings is 1. The van der Waals surface area contributed by atoms with Gasteiger partial charge < -0.3 is 5.32 Å². The van der Waals surface area contributed by atoms with Crippen molar-refractivity contribution in [3.8, 4) is 0 Å². The van der Waals surface area contributed by atoms with E-state index in [1.165, 1.54) is 20.9 Å². The fourth-order valence-corrected chi connectivity index (χ4v) is 3.67. The predicted molar refractivity (Wildman–Crippen MR) is 78.8 cm³/mol. The van der Waals surface area contributed by atoms with Crippen LogP contribution in [-0.2, 0) is 0 Å². The van der Waals surface area contributed by atoms with Gasteiger partial charge in [-0.2, -0.15) is 0 Å². The minimum atomic E-state index is 0.284. The van der Waals surface area contributed by atoms with Crippen LogP contribution in [0, 0.1) is 13.8 Å². The van der Waals surface area contributed by atoms with E-state index in [4.69, 9.17) is 0 Å². The van der Waals surface area contributed by atoms with E-state index in [1.807, 2.05) is 18.4 Å². The molecule has 0 aliphatic rings. The lowest BCUT2D eigenvalue weighted by molar-refractivity contribution is 0.700. The van der Waals surface area contributed by atoms with Crippen LogP contribution in [0.25, 0.3) is 0 Å². The molecule has 1 aromatic heterocycles. The van der Waals surface area contributed by atoms with Gasteiger partial charge in [-0.25, -0.2) is 0 Å². The summed E-state index contributed by atoms with van der Waals surface area (Å²) in [6, 6.07) is 11.0. The zero-order chi connectivity index (χ0) is 12.4. The topological polar surface area (TPSA) is 12.0 Å². The van der Waals surface area contributed by atoms with E-state index < -0.39 is 0 Å². The highest BCUT2D eigenvalue weighted by molar-refractivity contribution is 9.10. The van der Waals surface area contributed by atoms with E-state index in [2.05, 4.69) is 65.4 Å². The molecule has 1 aromatic carbocycles. The first-order valence-electron chi connectivity index (χ1n) is 5.61. The summed E-state index contributed by atoms with van der Waals surface area (Å²) in [5.41, 5.74) is 2.67. The van der Waals surface area contributed by atoms with Crippen molar-refractivity contribution < 1.29 is 0 Å². The Bertz CT molecular complexity index is 519. The molecule has 2 rings (SSSR count). The average molecular weight is 310 g/mol. The molecule has 17 heavy (non-hydrogen) atoms. The van der Waals surface area contributed by atoms with Crippen LogP contribution in [0.5, 0.6) is 0 Å². The summed E-state index contributed by atoms with van der Waals surface area (Å²) in [5.74, 6) is 0. The Morgan fingerprint density at radius 2 is 2.00 bits per heavy atom. The first-order chi connectivity index (χ1) is 8.11. The third-order valence-electron chi connectivity index (χ3n) is 2.81. The van der Waals surface area contributed by atoms with E-state index in [1.54, 1.807) is 0 Å². The number of halogens is 1. The Hall–Kier alpha value is -0.640. The molecule has 1 heterocycles. The van der Waals surface area contributed by atoms with E-state index in [-0.39, 0.29) is 6.04 Å². The van der Waals surface area contributed by atoms with Crippen molar-refractivity contribution in [1.82, 2.24) is 5.32 Å². The van der Waals surface area contributed by atoms with Crippen molar-refractivity contribution >= 4 is 27.3 Å². The molecule has 0 saturated carbocycles. The molecule has 0 saturated heterocycles. The minimum Gasteiger partial charge on any atom is -0.309 e. The number of hydrogen-bond acceptors (Lipinski definition) is 2. The van der Waals surface area contributed by atoms with Crippen LogP contribution in [-0.4, -0.2) is 7.05 Å². The van der Waals surface area contributed by atoms with Gasteiger partial charge in [-0.05, 0) is 50.2 Å². The van der Waals surface area contributed by atoms with Crippen LogP contribution in [0.4, 0.5) is 0 Å². The molecule has 0 aliphatic heterocycles. The quantitative estimate of drug-likeness (QED) is 0.884. The SMILES string of the molecule is CNC(c1cccc(Br)c1)c1sc(C)cc1C. The lowest BCUT2D eigenvalue weighted by Crippen LogP contribution is -2.17. The van der Waals surface area contributed by atoms with Gasteiger partial charge in [0, 0.05) is 14.2 Å². The van der Waals surface area contributed by atoms with Crippen LogP contribution in [0.15, 0.2) is 34.8 Å². The van der Waals surface area contributed by atoms with E-state index in [0.29, 0.717) is 0 Å². The molecular formula is C14H16BrNS. The monoisotopic (exact) mass is 309 g/mol. The van der Waals surface area contributed by atoms with Gasteiger partial charge in [0.15, 0.2) is 0 Å². The van der Waals surface area contributed by atoms with Crippen molar-refractivity contribution in [1.29, 1.82) is 0 Å². The summed E-state index contributed by atoms with van der Waals surface area (Å²) in [7, 11) is 2.01. The van der Waals surface area contributed by atoms with Gasteiger partial charge in [-0.1, -0.05) is 28.1 Å². The van der Waals surface area contributed by atoms with Gasteiger partial charge in [-0.3, -0.25) is 0 Å². The Labute approximate surface area is 115 Å². The summed E-state index contributed by atoms with van der Waals surface area (Å²) in [5, 5.41) is 3.41. The van der Waals surface area contributed by atoms with E-state index >= 15 is 0 Å². The molecule has 0 amide bonds. The van der Waals surface area contributed by atoms with Gasteiger partial charge in [-0.15, -0.1) is 11.3 Å². The van der Waals surface area contributed by atoms with Crippen LogP contribution in [0.3, 0.4) is 0 Å². The first-order valence-corrected chi connectivity index (χ1v) is 7.22. The van der Waals surface area contributed by atoms with Crippen LogP contribution in [0.1, 0.15) is 26.9 Å². The van der Waals surface area contributed by atoms with Crippen molar-refractivity contribution in [2.75, 3.05) is 7.05 Å². The molecule has 1 N–H and O–H groups in total. The predicted octanol–water partition coefficient (Wildman–Crippen LogP) is 4.44. The highest BCUT2D eigenvalue weighted by Crippen LogP contribution is 2.32. The van der Waals surface area contributed by atoms with Gasteiger partial charge >= 0.3 is 0 Å². The summed E-state index contributed by atoms with van der Waals surface area (Å²) in [4.78, 5) is 2.77. The maximum absolute atomic E-state index is 3.53.